The predicted octanol–water partition coefficient (Wildman–Crippen LogP) is 4.94. The van der Waals surface area contributed by atoms with Crippen molar-refractivity contribution < 1.29 is 9.53 Å². The first-order chi connectivity index (χ1) is 11.2. The van der Waals surface area contributed by atoms with Gasteiger partial charge in [-0.05, 0) is 71.1 Å². The van der Waals surface area contributed by atoms with Crippen LogP contribution in [0.5, 0.6) is 0 Å². The molecule has 24 heavy (non-hydrogen) atoms. The van der Waals surface area contributed by atoms with E-state index in [0.29, 0.717) is 12.1 Å². The van der Waals surface area contributed by atoms with Crippen LogP contribution in [0, 0.1) is 0 Å². The van der Waals surface area contributed by atoms with Crippen molar-refractivity contribution in [2.24, 2.45) is 0 Å². The molecule has 0 saturated heterocycles. The predicted molar refractivity (Wildman–Crippen MR) is 101 cm³/mol. The number of amides is 1. The van der Waals surface area contributed by atoms with E-state index in [2.05, 4.69) is 51.7 Å². The fourth-order valence-electron chi connectivity index (χ4n) is 3.10. The zero-order valence-electron chi connectivity index (χ0n) is 15.1. The summed E-state index contributed by atoms with van der Waals surface area (Å²) in [6, 6.07) is 9.46. The molecule has 1 aliphatic rings. The largest absolute Gasteiger partial charge is 0.444 e. The van der Waals surface area contributed by atoms with Gasteiger partial charge in [-0.3, -0.25) is 0 Å². The lowest BCUT2D eigenvalue weighted by Crippen LogP contribution is -2.44. The summed E-state index contributed by atoms with van der Waals surface area (Å²) in [6.45, 7) is 7.86. The van der Waals surface area contributed by atoms with E-state index in [0.717, 1.165) is 30.2 Å². The highest BCUT2D eigenvalue weighted by atomic mass is 79.9. The first-order valence-electron chi connectivity index (χ1n) is 8.74. The van der Waals surface area contributed by atoms with Gasteiger partial charge >= 0.3 is 6.09 Å². The quantitative estimate of drug-likeness (QED) is 0.757. The molecule has 4 nitrogen and oxygen atoms in total. The molecule has 0 aliphatic heterocycles. The molecule has 1 saturated carbocycles. The van der Waals surface area contributed by atoms with Crippen LogP contribution in [-0.4, -0.2) is 23.8 Å². The Hall–Kier alpha value is -1.07. The molecule has 5 heteroatoms. The second-order valence-electron chi connectivity index (χ2n) is 7.64. The molecule has 0 heterocycles. The highest BCUT2D eigenvalue weighted by Gasteiger charge is 2.25. The second kappa shape index (κ2) is 8.34. The van der Waals surface area contributed by atoms with E-state index in [-0.39, 0.29) is 12.1 Å². The number of carbonyl (C=O) groups excluding carboxylic acids is 1. The van der Waals surface area contributed by atoms with Gasteiger partial charge in [-0.1, -0.05) is 28.1 Å². The molecular weight excluding hydrogens is 368 g/mol. The topological polar surface area (TPSA) is 50.4 Å². The fraction of sp³-hybridized carbons (Fsp3) is 0.632. The lowest BCUT2D eigenvalue weighted by molar-refractivity contribution is 0.0489. The summed E-state index contributed by atoms with van der Waals surface area (Å²) in [5.41, 5.74) is 0.848. The molecule has 134 valence electrons. The van der Waals surface area contributed by atoms with Gasteiger partial charge < -0.3 is 15.4 Å². The molecule has 2 rings (SSSR count). The maximum absolute atomic E-state index is 11.8. The molecule has 1 aromatic rings. The van der Waals surface area contributed by atoms with E-state index in [4.69, 9.17) is 4.74 Å². The number of carbonyl (C=O) groups is 1. The summed E-state index contributed by atoms with van der Waals surface area (Å²) in [6.07, 6.45) is 3.81. The minimum Gasteiger partial charge on any atom is -0.444 e. The number of ether oxygens (including phenoxy) is 1. The van der Waals surface area contributed by atoms with Crippen LogP contribution >= 0.6 is 15.9 Å². The van der Waals surface area contributed by atoms with E-state index in [1.54, 1.807) is 0 Å². The van der Waals surface area contributed by atoms with Gasteiger partial charge in [-0.25, -0.2) is 4.79 Å². The molecule has 0 bridgehead atoms. The van der Waals surface area contributed by atoms with Crippen LogP contribution in [0.3, 0.4) is 0 Å². The summed E-state index contributed by atoms with van der Waals surface area (Å²) in [5.74, 6) is 0. The first kappa shape index (κ1) is 19.3. The zero-order chi connectivity index (χ0) is 17.7. The third-order valence-electron chi connectivity index (χ3n) is 4.28. The Kier molecular flexibility index (Phi) is 6.70. The molecule has 1 atom stereocenters. The zero-order valence-corrected chi connectivity index (χ0v) is 16.7. The smallest absolute Gasteiger partial charge is 0.407 e. The molecule has 0 radical (unpaired) electrons. The van der Waals surface area contributed by atoms with Gasteiger partial charge in [-0.2, -0.15) is 0 Å². The third kappa shape index (κ3) is 6.44. The molecule has 1 aliphatic carbocycles. The van der Waals surface area contributed by atoms with Crippen molar-refractivity contribution in [3.63, 3.8) is 0 Å². The van der Waals surface area contributed by atoms with Crippen LogP contribution in [0.1, 0.15) is 65.0 Å². The lowest BCUT2D eigenvalue weighted by Gasteiger charge is -2.32. The summed E-state index contributed by atoms with van der Waals surface area (Å²) < 4.78 is 6.44. The van der Waals surface area contributed by atoms with Crippen LogP contribution in [0.2, 0.25) is 0 Å². The van der Waals surface area contributed by atoms with E-state index < -0.39 is 5.60 Å². The van der Waals surface area contributed by atoms with Gasteiger partial charge in [0.1, 0.15) is 5.60 Å². The van der Waals surface area contributed by atoms with Crippen molar-refractivity contribution in [1.82, 2.24) is 10.6 Å². The maximum Gasteiger partial charge on any atom is 0.407 e. The molecule has 0 spiro atoms. The summed E-state index contributed by atoms with van der Waals surface area (Å²) in [7, 11) is 0. The summed E-state index contributed by atoms with van der Waals surface area (Å²) in [5, 5.41) is 6.70. The lowest BCUT2D eigenvalue weighted by atomic mass is 9.90. The number of hydrogen-bond acceptors (Lipinski definition) is 3. The molecule has 1 unspecified atom stereocenters. The Morgan fingerprint density at radius 1 is 1.21 bits per heavy atom. The monoisotopic (exact) mass is 396 g/mol. The van der Waals surface area contributed by atoms with Gasteiger partial charge in [0, 0.05) is 22.6 Å². The van der Waals surface area contributed by atoms with Crippen LogP contribution in [0.4, 0.5) is 4.79 Å². The highest BCUT2D eigenvalue weighted by molar-refractivity contribution is 9.10. The summed E-state index contributed by atoms with van der Waals surface area (Å²) >= 11 is 3.53. The standard InChI is InChI=1S/C19H29BrN2O2/c1-13(14-6-5-7-15(20)12-14)21-16-8-10-17(11-9-16)22-18(23)24-19(2,3)4/h5-7,12-13,16-17,21H,8-11H2,1-4H3,(H,22,23). The van der Waals surface area contributed by atoms with Crippen LogP contribution in [-0.2, 0) is 4.74 Å². The highest BCUT2D eigenvalue weighted by Crippen LogP contribution is 2.24. The van der Waals surface area contributed by atoms with Crippen molar-refractivity contribution in [3.05, 3.63) is 34.3 Å². The Labute approximate surface area is 153 Å². The van der Waals surface area contributed by atoms with Gasteiger partial charge in [0.25, 0.3) is 0 Å². The van der Waals surface area contributed by atoms with Gasteiger partial charge in [0.05, 0.1) is 0 Å². The molecule has 1 amide bonds. The fourth-order valence-corrected chi connectivity index (χ4v) is 3.52. The van der Waals surface area contributed by atoms with Gasteiger partial charge in [0.15, 0.2) is 0 Å². The van der Waals surface area contributed by atoms with Crippen molar-refractivity contribution in [2.45, 2.75) is 77.1 Å². The van der Waals surface area contributed by atoms with Crippen LogP contribution < -0.4 is 10.6 Å². The van der Waals surface area contributed by atoms with E-state index in [9.17, 15) is 4.79 Å². The summed E-state index contributed by atoms with van der Waals surface area (Å²) in [4.78, 5) is 11.8. The van der Waals surface area contributed by atoms with Crippen LogP contribution in [0.25, 0.3) is 0 Å². The second-order valence-corrected chi connectivity index (χ2v) is 8.55. The minimum absolute atomic E-state index is 0.221. The Bertz CT molecular complexity index is 549. The molecule has 0 aromatic heterocycles. The average molecular weight is 397 g/mol. The Morgan fingerprint density at radius 2 is 1.83 bits per heavy atom. The van der Waals surface area contributed by atoms with Crippen molar-refractivity contribution >= 4 is 22.0 Å². The molecular formula is C19H29BrN2O2. The molecule has 1 aromatic carbocycles. The SMILES string of the molecule is CC(NC1CCC(NC(=O)OC(C)(C)C)CC1)c1cccc(Br)c1. The van der Waals surface area contributed by atoms with Crippen molar-refractivity contribution in [2.75, 3.05) is 0 Å². The van der Waals surface area contributed by atoms with Crippen LogP contribution in [0.15, 0.2) is 28.7 Å². The Morgan fingerprint density at radius 3 is 2.42 bits per heavy atom. The third-order valence-corrected chi connectivity index (χ3v) is 4.78. The maximum atomic E-state index is 11.8. The number of halogens is 1. The normalized spacial score (nSPS) is 22.7. The number of hydrogen-bond donors (Lipinski definition) is 2. The van der Waals surface area contributed by atoms with Crippen molar-refractivity contribution in [1.29, 1.82) is 0 Å². The first-order valence-corrected chi connectivity index (χ1v) is 9.53. The number of alkyl carbamates (subject to hydrolysis) is 1. The van der Waals surface area contributed by atoms with Crippen molar-refractivity contribution in [3.8, 4) is 0 Å². The average Bonchev–Trinajstić information content (AvgIpc) is 2.47. The Balaban J connectivity index is 1.75. The van der Waals surface area contributed by atoms with E-state index in [1.807, 2.05) is 26.8 Å². The van der Waals surface area contributed by atoms with E-state index in [1.165, 1.54) is 5.56 Å². The van der Waals surface area contributed by atoms with Gasteiger partial charge in [-0.15, -0.1) is 0 Å². The molecule has 1 fully saturated rings. The van der Waals surface area contributed by atoms with Gasteiger partial charge in [0.2, 0.25) is 0 Å². The number of nitrogens with one attached hydrogen (secondary N) is 2. The number of benzene rings is 1. The minimum atomic E-state index is -0.442. The number of rotatable bonds is 4. The van der Waals surface area contributed by atoms with E-state index >= 15 is 0 Å². The molecule has 2 N–H and O–H groups in total.